The first-order chi connectivity index (χ1) is 6.74. The molecule has 0 aliphatic heterocycles. The summed E-state index contributed by atoms with van der Waals surface area (Å²) in [4.78, 5) is 18.1. The molecule has 0 bridgehead atoms. The highest BCUT2D eigenvalue weighted by Crippen LogP contribution is 2.12. The van der Waals surface area contributed by atoms with E-state index in [1.807, 2.05) is 6.07 Å². The van der Waals surface area contributed by atoms with Crippen molar-refractivity contribution < 1.29 is 0 Å². The number of H-pyrrole nitrogens is 1. The summed E-state index contributed by atoms with van der Waals surface area (Å²) in [6.45, 7) is 1.73. The van der Waals surface area contributed by atoms with E-state index in [9.17, 15) is 4.79 Å². The summed E-state index contributed by atoms with van der Waals surface area (Å²) in [7, 11) is 0. The maximum Gasteiger partial charge on any atom is 0.266 e. The Balaban J connectivity index is 3.02. The van der Waals surface area contributed by atoms with Crippen LogP contribution in [0.1, 0.15) is 11.1 Å². The Labute approximate surface area is 79.8 Å². The summed E-state index contributed by atoms with van der Waals surface area (Å²) in [5, 5.41) is 8.76. The van der Waals surface area contributed by atoms with E-state index in [0.29, 0.717) is 16.6 Å². The van der Waals surface area contributed by atoms with Gasteiger partial charge in [0.2, 0.25) is 0 Å². The van der Waals surface area contributed by atoms with Crippen LogP contribution in [-0.2, 0) is 0 Å². The smallest absolute Gasteiger partial charge is 0.266 e. The Morgan fingerprint density at radius 1 is 1.57 bits per heavy atom. The summed E-state index contributed by atoms with van der Waals surface area (Å²) in [5.41, 5.74) is 1.74. The van der Waals surface area contributed by atoms with Crippen LogP contribution in [0.2, 0.25) is 0 Å². The highest BCUT2D eigenvalue weighted by molar-refractivity contribution is 5.79. The molecule has 0 atom stereocenters. The average molecular weight is 185 g/mol. The van der Waals surface area contributed by atoms with Gasteiger partial charge in [-0.15, -0.1) is 0 Å². The van der Waals surface area contributed by atoms with Gasteiger partial charge in [0.25, 0.3) is 5.56 Å². The number of fused-ring (bicyclic) bond motifs is 1. The van der Waals surface area contributed by atoms with Crippen LogP contribution in [0.5, 0.6) is 0 Å². The van der Waals surface area contributed by atoms with Crippen molar-refractivity contribution >= 4 is 11.0 Å². The van der Waals surface area contributed by atoms with Gasteiger partial charge in [-0.1, -0.05) is 0 Å². The zero-order valence-corrected chi connectivity index (χ0v) is 7.53. The number of aromatic amines is 1. The van der Waals surface area contributed by atoms with Gasteiger partial charge in [-0.2, -0.15) is 5.26 Å². The minimum absolute atomic E-state index is 0.135. The molecule has 0 unspecified atom stereocenters. The molecule has 4 nitrogen and oxygen atoms in total. The second-order valence-corrected chi connectivity index (χ2v) is 2.97. The van der Waals surface area contributed by atoms with Crippen molar-refractivity contribution in [1.82, 2.24) is 9.97 Å². The lowest BCUT2D eigenvalue weighted by atomic mass is 10.1. The number of nitrogens with zero attached hydrogens (tertiary/aromatic N) is 2. The minimum atomic E-state index is -0.356. The standard InChI is InChI=1S/C10H7N3O/c1-6-7(5-11)10(14)13-8-3-2-4-12-9(6)8/h2-4H,1H3,(H,13,14). The molecule has 0 spiro atoms. The molecule has 0 amide bonds. The van der Waals surface area contributed by atoms with Gasteiger partial charge in [0, 0.05) is 11.8 Å². The fourth-order valence-corrected chi connectivity index (χ4v) is 1.41. The van der Waals surface area contributed by atoms with Gasteiger partial charge in [-0.05, 0) is 19.1 Å². The highest BCUT2D eigenvalue weighted by Gasteiger charge is 2.08. The summed E-state index contributed by atoms with van der Waals surface area (Å²) >= 11 is 0. The first kappa shape index (κ1) is 8.45. The third-order valence-corrected chi connectivity index (χ3v) is 2.12. The molecule has 0 aromatic carbocycles. The van der Waals surface area contributed by atoms with Crippen molar-refractivity contribution in [3.05, 3.63) is 39.8 Å². The average Bonchev–Trinajstić information content (AvgIpc) is 2.18. The van der Waals surface area contributed by atoms with E-state index in [0.717, 1.165) is 0 Å². The molecule has 68 valence electrons. The van der Waals surface area contributed by atoms with Gasteiger partial charge in [-0.25, -0.2) is 0 Å². The lowest BCUT2D eigenvalue weighted by Crippen LogP contribution is -2.12. The van der Waals surface area contributed by atoms with E-state index in [4.69, 9.17) is 5.26 Å². The van der Waals surface area contributed by atoms with E-state index in [1.54, 1.807) is 25.3 Å². The van der Waals surface area contributed by atoms with Crippen LogP contribution in [-0.4, -0.2) is 9.97 Å². The van der Waals surface area contributed by atoms with Crippen molar-refractivity contribution in [2.75, 3.05) is 0 Å². The number of aryl methyl sites for hydroxylation is 1. The van der Waals surface area contributed by atoms with Crippen LogP contribution >= 0.6 is 0 Å². The van der Waals surface area contributed by atoms with Crippen LogP contribution < -0.4 is 5.56 Å². The molecule has 0 fully saturated rings. The molecule has 2 heterocycles. The van der Waals surface area contributed by atoms with Crippen LogP contribution in [0.25, 0.3) is 11.0 Å². The second-order valence-electron chi connectivity index (χ2n) is 2.97. The molecular weight excluding hydrogens is 178 g/mol. The zero-order chi connectivity index (χ0) is 10.1. The number of nitriles is 1. The van der Waals surface area contributed by atoms with Crippen LogP contribution in [0.4, 0.5) is 0 Å². The molecule has 2 aromatic heterocycles. The molecule has 14 heavy (non-hydrogen) atoms. The largest absolute Gasteiger partial charge is 0.319 e. The molecule has 0 saturated heterocycles. The number of hydrogen-bond acceptors (Lipinski definition) is 3. The molecular formula is C10H7N3O. The lowest BCUT2D eigenvalue weighted by molar-refractivity contribution is 1.21. The predicted octanol–water partition coefficient (Wildman–Crippen LogP) is 1.10. The Hall–Kier alpha value is -2.15. The molecule has 0 aliphatic rings. The van der Waals surface area contributed by atoms with Crippen LogP contribution in [0.15, 0.2) is 23.1 Å². The second kappa shape index (κ2) is 2.96. The van der Waals surface area contributed by atoms with E-state index >= 15 is 0 Å². The number of hydrogen-bond donors (Lipinski definition) is 1. The van der Waals surface area contributed by atoms with Gasteiger partial charge in [-0.3, -0.25) is 9.78 Å². The Kier molecular flexibility index (Phi) is 1.79. The molecule has 0 radical (unpaired) electrons. The molecule has 2 aromatic rings. The molecule has 2 rings (SSSR count). The SMILES string of the molecule is Cc1c(C#N)c(=O)[nH]c2cccnc12. The summed E-state index contributed by atoms with van der Waals surface area (Å²) < 4.78 is 0. The normalized spacial score (nSPS) is 10.0. The van der Waals surface area contributed by atoms with E-state index in [-0.39, 0.29) is 11.1 Å². The van der Waals surface area contributed by atoms with Crippen molar-refractivity contribution in [2.24, 2.45) is 0 Å². The maximum absolute atomic E-state index is 11.4. The predicted molar refractivity (Wildman–Crippen MR) is 51.8 cm³/mol. The van der Waals surface area contributed by atoms with Crippen molar-refractivity contribution in [3.63, 3.8) is 0 Å². The van der Waals surface area contributed by atoms with Crippen molar-refractivity contribution in [1.29, 1.82) is 5.26 Å². The van der Waals surface area contributed by atoms with Gasteiger partial charge in [0.15, 0.2) is 0 Å². The first-order valence-corrected chi connectivity index (χ1v) is 4.11. The number of aromatic nitrogens is 2. The monoisotopic (exact) mass is 185 g/mol. The molecule has 1 N–H and O–H groups in total. The summed E-state index contributed by atoms with van der Waals surface area (Å²) in [6.07, 6.45) is 1.63. The Bertz CT molecular complexity index is 592. The fraction of sp³-hybridized carbons (Fsp3) is 0.100. The highest BCUT2D eigenvalue weighted by atomic mass is 16.1. The third kappa shape index (κ3) is 1.07. The Morgan fingerprint density at radius 3 is 3.07 bits per heavy atom. The van der Waals surface area contributed by atoms with Crippen LogP contribution in [0, 0.1) is 18.3 Å². The number of nitrogens with one attached hydrogen (secondary N) is 1. The van der Waals surface area contributed by atoms with E-state index in [1.165, 1.54) is 0 Å². The summed E-state index contributed by atoms with van der Waals surface area (Å²) in [6, 6.07) is 5.37. The summed E-state index contributed by atoms with van der Waals surface area (Å²) in [5.74, 6) is 0. The number of rotatable bonds is 0. The van der Waals surface area contributed by atoms with Gasteiger partial charge in [0.05, 0.1) is 11.0 Å². The quantitative estimate of drug-likeness (QED) is 0.668. The van der Waals surface area contributed by atoms with Crippen LogP contribution in [0.3, 0.4) is 0 Å². The first-order valence-electron chi connectivity index (χ1n) is 4.11. The number of pyridine rings is 2. The molecule has 4 heteroatoms. The topological polar surface area (TPSA) is 69.5 Å². The van der Waals surface area contributed by atoms with Gasteiger partial charge >= 0.3 is 0 Å². The van der Waals surface area contributed by atoms with Gasteiger partial charge < -0.3 is 4.98 Å². The maximum atomic E-state index is 11.4. The van der Waals surface area contributed by atoms with E-state index in [2.05, 4.69) is 9.97 Å². The molecule has 0 aliphatic carbocycles. The third-order valence-electron chi connectivity index (χ3n) is 2.12. The van der Waals surface area contributed by atoms with Crippen molar-refractivity contribution in [3.8, 4) is 6.07 Å². The lowest BCUT2D eigenvalue weighted by Gasteiger charge is -2.01. The molecule has 0 saturated carbocycles. The fourth-order valence-electron chi connectivity index (χ4n) is 1.41. The Morgan fingerprint density at radius 2 is 2.36 bits per heavy atom. The zero-order valence-electron chi connectivity index (χ0n) is 7.53. The van der Waals surface area contributed by atoms with Crippen molar-refractivity contribution in [2.45, 2.75) is 6.92 Å². The van der Waals surface area contributed by atoms with Gasteiger partial charge in [0.1, 0.15) is 11.6 Å². The minimum Gasteiger partial charge on any atom is -0.319 e. The van der Waals surface area contributed by atoms with E-state index < -0.39 is 0 Å².